The summed E-state index contributed by atoms with van der Waals surface area (Å²) in [5.41, 5.74) is 5.68. The molecule has 4 atom stereocenters. The highest BCUT2D eigenvalue weighted by atomic mass is 79.9. The first kappa shape index (κ1) is 42.9. The Morgan fingerprint density at radius 2 is 1.07 bits per heavy atom. The molecule has 0 spiro atoms. The number of aliphatic imine (C=N–C) groups is 2. The highest BCUT2D eigenvalue weighted by Crippen LogP contribution is 2.48. The van der Waals surface area contributed by atoms with Gasteiger partial charge in [-0.05, 0) is 132 Å². The molecule has 0 aliphatic carbocycles. The lowest BCUT2D eigenvalue weighted by Crippen LogP contribution is -2.44. The lowest BCUT2D eigenvalue weighted by molar-refractivity contribution is -0.119. The van der Waals surface area contributed by atoms with Crippen LogP contribution in [0.3, 0.4) is 0 Å². The van der Waals surface area contributed by atoms with Gasteiger partial charge in [-0.3, -0.25) is 24.5 Å². The van der Waals surface area contributed by atoms with Crippen LogP contribution in [0, 0.1) is 0 Å². The van der Waals surface area contributed by atoms with Crippen LogP contribution >= 0.6 is 39.5 Å². The Bertz CT molecular complexity index is 1980. The zero-order valence-corrected chi connectivity index (χ0v) is 36.6. The van der Waals surface area contributed by atoms with Crippen LogP contribution in [0.1, 0.15) is 93.3 Å². The molecule has 1 fully saturated rings. The number of rotatable bonds is 15. The Morgan fingerprint density at radius 3 is 1.54 bits per heavy atom. The number of piperidine rings is 1. The highest BCUT2D eigenvalue weighted by Gasteiger charge is 2.35. The van der Waals surface area contributed by atoms with Crippen LogP contribution in [0.5, 0.6) is 0 Å². The van der Waals surface area contributed by atoms with E-state index in [4.69, 9.17) is 0 Å². The minimum Gasteiger partial charge on any atom is -0.310 e. The number of anilines is 2. The average molecular weight is 867 g/mol. The zero-order valence-electron chi connectivity index (χ0n) is 33.4. The van der Waals surface area contributed by atoms with Crippen molar-refractivity contribution in [1.82, 2.24) is 4.90 Å². The first-order chi connectivity index (χ1) is 27.8. The minimum absolute atomic E-state index is 0.156. The molecule has 0 radical (unpaired) electrons. The molecule has 7 nitrogen and oxygen atoms in total. The molecule has 4 aromatic rings. The van der Waals surface area contributed by atoms with Gasteiger partial charge in [-0.2, -0.15) is 0 Å². The molecule has 2 unspecified atom stereocenters. The van der Waals surface area contributed by atoms with E-state index in [-0.39, 0.29) is 22.3 Å². The van der Waals surface area contributed by atoms with Gasteiger partial charge in [0, 0.05) is 40.3 Å². The van der Waals surface area contributed by atoms with E-state index in [0.29, 0.717) is 12.1 Å². The number of unbranched alkanes of at least 4 members (excludes halogenated alkanes) is 4. The monoisotopic (exact) mass is 865 g/mol. The predicted molar refractivity (Wildman–Crippen MR) is 247 cm³/mol. The summed E-state index contributed by atoms with van der Waals surface area (Å²) in [5.74, 6) is 0.331. The van der Waals surface area contributed by atoms with Crippen molar-refractivity contribution in [2.24, 2.45) is 9.98 Å². The summed E-state index contributed by atoms with van der Waals surface area (Å²) in [6.07, 6.45) is 10.6. The maximum absolute atomic E-state index is 13.5. The van der Waals surface area contributed by atoms with Crippen molar-refractivity contribution in [3.05, 3.63) is 108 Å². The number of amides is 2. The number of para-hydroxylation sites is 2. The van der Waals surface area contributed by atoms with Crippen molar-refractivity contribution in [2.45, 2.75) is 104 Å². The summed E-state index contributed by atoms with van der Waals surface area (Å²) < 4.78 is 0. The third-order valence-corrected chi connectivity index (χ3v) is 14.4. The number of carbonyl (C=O) groups excluding carboxylic acids is 2. The van der Waals surface area contributed by atoms with E-state index in [1.165, 1.54) is 37.1 Å². The van der Waals surface area contributed by atoms with Gasteiger partial charge in [0.1, 0.15) is 10.5 Å². The van der Waals surface area contributed by atoms with Crippen LogP contribution in [-0.4, -0.2) is 67.2 Å². The Balaban J connectivity index is 0.000000199. The number of carbonyl (C=O) groups is 2. The molecule has 4 aromatic carbocycles. The van der Waals surface area contributed by atoms with Gasteiger partial charge in [-0.25, -0.2) is 0 Å². The lowest BCUT2D eigenvalue weighted by Gasteiger charge is -2.39. The third kappa shape index (κ3) is 10.9. The van der Waals surface area contributed by atoms with Crippen LogP contribution < -0.4 is 9.80 Å². The quantitative estimate of drug-likeness (QED) is 0.0676. The van der Waals surface area contributed by atoms with Crippen molar-refractivity contribution < 1.29 is 9.59 Å². The number of benzene rings is 4. The largest absolute Gasteiger partial charge is 0.310 e. The van der Waals surface area contributed by atoms with Gasteiger partial charge in [0.05, 0.1) is 22.7 Å². The van der Waals surface area contributed by atoms with Gasteiger partial charge in [0.25, 0.3) is 0 Å². The predicted octanol–water partition coefficient (Wildman–Crippen LogP) is 12.4. The first-order valence-electron chi connectivity index (χ1n) is 20.4. The smallest absolute Gasteiger partial charge is 0.245 e. The van der Waals surface area contributed by atoms with Crippen LogP contribution in [0.4, 0.5) is 22.7 Å². The number of halogens is 1. The summed E-state index contributed by atoms with van der Waals surface area (Å²) in [4.78, 5) is 43.8. The molecule has 300 valence electrons. The molecule has 0 aromatic heterocycles. The zero-order chi connectivity index (χ0) is 40.1. The number of likely N-dealkylation sites (tertiary alicyclic amines) is 1. The maximum atomic E-state index is 13.5. The molecule has 10 heteroatoms. The second kappa shape index (κ2) is 21.3. The second-order valence-electron chi connectivity index (χ2n) is 15.1. The fraction of sp³-hybridized carbons (Fsp3) is 0.404. The third-order valence-electron chi connectivity index (χ3n) is 11.2. The van der Waals surface area contributed by atoms with E-state index in [9.17, 15) is 9.59 Å². The number of hydrogen-bond acceptors (Lipinski definition) is 7. The van der Waals surface area contributed by atoms with E-state index < -0.39 is 0 Å². The van der Waals surface area contributed by atoms with Crippen LogP contribution in [0.25, 0.3) is 0 Å². The molecule has 2 amide bonds. The van der Waals surface area contributed by atoms with Gasteiger partial charge >= 0.3 is 0 Å². The summed E-state index contributed by atoms with van der Waals surface area (Å²) >= 11 is 6.74. The molecule has 3 aliphatic heterocycles. The van der Waals surface area contributed by atoms with E-state index in [2.05, 4.69) is 82.4 Å². The summed E-state index contributed by atoms with van der Waals surface area (Å²) in [6, 6.07) is 33.6. The van der Waals surface area contributed by atoms with Crippen molar-refractivity contribution in [3.63, 3.8) is 0 Å². The van der Waals surface area contributed by atoms with E-state index >= 15 is 0 Å². The summed E-state index contributed by atoms with van der Waals surface area (Å²) in [6.45, 7) is 14.7. The normalized spacial score (nSPS) is 20.6. The first-order valence-corrected chi connectivity index (χ1v) is 23.3. The minimum atomic E-state index is -0.235. The van der Waals surface area contributed by atoms with Crippen LogP contribution in [-0.2, 0) is 9.59 Å². The Hall–Kier alpha value is -3.70. The maximum Gasteiger partial charge on any atom is 0.245 e. The van der Waals surface area contributed by atoms with Gasteiger partial charge in [-0.1, -0.05) is 83.7 Å². The fourth-order valence-corrected chi connectivity index (χ4v) is 10.9. The molecule has 0 N–H and O–H groups in total. The van der Waals surface area contributed by atoms with Crippen molar-refractivity contribution in [3.8, 4) is 0 Å². The van der Waals surface area contributed by atoms with Crippen LogP contribution in [0.15, 0.2) is 117 Å². The summed E-state index contributed by atoms with van der Waals surface area (Å²) in [7, 11) is 0. The van der Waals surface area contributed by atoms with E-state index in [1.807, 2.05) is 82.6 Å². The molecule has 7 rings (SSSR count). The Morgan fingerprint density at radius 1 is 0.614 bits per heavy atom. The van der Waals surface area contributed by atoms with Gasteiger partial charge in [0.2, 0.25) is 11.8 Å². The van der Waals surface area contributed by atoms with E-state index in [0.717, 1.165) is 89.3 Å². The van der Waals surface area contributed by atoms with E-state index in [1.54, 1.807) is 23.5 Å². The van der Waals surface area contributed by atoms with Gasteiger partial charge < -0.3 is 9.80 Å². The van der Waals surface area contributed by atoms with Crippen molar-refractivity contribution >= 4 is 87.5 Å². The fourth-order valence-electron chi connectivity index (χ4n) is 8.09. The topological polar surface area (TPSA) is 68.6 Å². The molecular weight excluding hydrogens is 811 g/mol. The van der Waals surface area contributed by atoms with Crippen LogP contribution in [0.2, 0.25) is 0 Å². The van der Waals surface area contributed by atoms with Gasteiger partial charge in [-0.15, -0.1) is 23.5 Å². The summed E-state index contributed by atoms with van der Waals surface area (Å²) in [5, 5.41) is 0.548. The molecule has 3 aliphatic rings. The SMILES string of the molecule is C=Nc1cccc(C2Sc3ccccc3N(CCCCCBr)C2=O)c1.C=Nc1cccc(C2Sc3ccccc3N(CCCCCN3[C@H](C)CCC[C@@H]3C)C2=O)c1. The second-order valence-corrected chi connectivity index (χ2v) is 18.2. The molecule has 0 bridgehead atoms. The molecular formula is C47H56BrN5O2S2. The number of thioether (sulfide) groups is 2. The molecule has 1 saturated heterocycles. The molecule has 3 heterocycles. The molecule has 0 saturated carbocycles. The Labute approximate surface area is 356 Å². The number of hydrogen-bond donors (Lipinski definition) is 0. The molecule has 57 heavy (non-hydrogen) atoms. The Kier molecular flexibility index (Phi) is 16.1. The lowest BCUT2D eigenvalue weighted by atomic mass is 9.97. The standard InChI is InChI=1S/C27H35N3OS.C20H21BrN2OS/c1-20-11-9-12-21(2)29(20)17-7-4-8-18-30-24-15-5-6-16-25(24)32-26(27(30)31)22-13-10-14-23(19-22)28-3;1-22-16-9-7-8-15(14-16)19-20(24)23(13-6-2-5-12-21)17-10-3-4-11-18(17)25-19/h5-6,10,13-16,19-21,26H,3-4,7-9,11-12,17-18H2,1-2H3;3-4,7-11,14,19H,1-2,5-6,12-13H2/t20-,21+,26?;. The number of nitrogens with zero attached hydrogens (tertiary/aromatic N) is 5. The number of alkyl halides is 1. The van der Waals surface area contributed by atoms with Crippen molar-refractivity contribution in [2.75, 3.05) is 34.8 Å². The number of fused-ring (bicyclic) bond motifs is 2. The average Bonchev–Trinajstić information content (AvgIpc) is 3.24. The van der Waals surface area contributed by atoms with Crippen molar-refractivity contribution in [1.29, 1.82) is 0 Å². The highest BCUT2D eigenvalue weighted by molar-refractivity contribution is 9.09. The van der Waals surface area contributed by atoms with Gasteiger partial charge in [0.15, 0.2) is 0 Å².